The third kappa shape index (κ3) is 3.37. The van der Waals surface area contributed by atoms with E-state index in [0.717, 1.165) is 17.8 Å². The molecule has 0 bridgehead atoms. The van der Waals surface area contributed by atoms with Crippen molar-refractivity contribution in [2.45, 2.75) is 26.3 Å². The van der Waals surface area contributed by atoms with E-state index in [9.17, 15) is 9.18 Å². The third-order valence-corrected chi connectivity index (χ3v) is 3.67. The highest BCUT2D eigenvalue weighted by Gasteiger charge is 2.18. The first kappa shape index (κ1) is 16.0. The minimum Gasteiger partial charge on any atom is -0.467 e. The van der Waals surface area contributed by atoms with Crippen LogP contribution in [0.3, 0.4) is 0 Å². The largest absolute Gasteiger partial charge is 0.467 e. The maximum atomic E-state index is 13.1. The van der Waals surface area contributed by atoms with Crippen molar-refractivity contribution in [3.63, 3.8) is 0 Å². The second kappa shape index (κ2) is 7.12. The number of nitrogens with one attached hydrogen (secondary N) is 1. The van der Waals surface area contributed by atoms with E-state index in [-0.39, 0.29) is 11.7 Å². The van der Waals surface area contributed by atoms with E-state index < -0.39 is 0 Å². The summed E-state index contributed by atoms with van der Waals surface area (Å²) >= 11 is 0. The summed E-state index contributed by atoms with van der Waals surface area (Å²) in [6.45, 7) is 2.35. The van der Waals surface area contributed by atoms with Crippen LogP contribution >= 0.6 is 0 Å². The molecule has 6 heteroatoms. The minimum atomic E-state index is -0.306. The third-order valence-electron chi connectivity index (χ3n) is 3.67. The number of carbonyl (C=O) groups excluding carboxylic acids is 1. The van der Waals surface area contributed by atoms with Gasteiger partial charge in [-0.25, -0.2) is 9.07 Å². The van der Waals surface area contributed by atoms with Crippen LogP contribution < -0.4 is 5.32 Å². The summed E-state index contributed by atoms with van der Waals surface area (Å²) in [5.41, 5.74) is 2.05. The fourth-order valence-corrected chi connectivity index (χ4v) is 2.52. The molecule has 0 saturated carbocycles. The van der Waals surface area contributed by atoms with Crippen molar-refractivity contribution in [1.29, 1.82) is 0 Å². The number of halogens is 1. The molecule has 0 aliphatic rings. The molecule has 0 aliphatic carbocycles. The zero-order chi connectivity index (χ0) is 16.9. The molecule has 2 heterocycles. The lowest BCUT2D eigenvalue weighted by Crippen LogP contribution is -2.23. The quantitative estimate of drug-likeness (QED) is 0.754. The predicted octanol–water partition coefficient (Wildman–Crippen LogP) is 3.49. The van der Waals surface area contributed by atoms with Crippen molar-refractivity contribution < 1.29 is 13.6 Å². The fraction of sp³-hybridized carbons (Fsp3) is 0.222. The summed E-state index contributed by atoms with van der Waals surface area (Å²) < 4.78 is 20.0. The summed E-state index contributed by atoms with van der Waals surface area (Å²) in [5, 5.41) is 7.14. The molecule has 5 nitrogen and oxygen atoms in total. The molecule has 24 heavy (non-hydrogen) atoms. The SMILES string of the molecule is CCCc1c(C(=O)NCc2ccco2)cnn1-c1ccc(F)cc1. The van der Waals surface area contributed by atoms with E-state index in [1.54, 1.807) is 41.4 Å². The lowest BCUT2D eigenvalue weighted by molar-refractivity contribution is 0.0947. The molecular formula is C18H18FN3O2. The Kier molecular flexibility index (Phi) is 4.74. The average Bonchev–Trinajstić information content (AvgIpc) is 3.24. The number of amides is 1. The highest BCUT2D eigenvalue weighted by atomic mass is 19.1. The minimum absolute atomic E-state index is 0.205. The summed E-state index contributed by atoms with van der Waals surface area (Å²) in [6, 6.07) is 9.62. The number of nitrogens with zero attached hydrogens (tertiary/aromatic N) is 2. The lowest BCUT2D eigenvalue weighted by atomic mass is 10.1. The van der Waals surface area contributed by atoms with Crippen LogP contribution in [-0.4, -0.2) is 15.7 Å². The Labute approximate surface area is 139 Å². The van der Waals surface area contributed by atoms with Crippen LogP contribution in [0.1, 0.15) is 35.2 Å². The van der Waals surface area contributed by atoms with Crippen LogP contribution in [0.2, 0.25) is 0 Å². The summed E-state index contributed by atoms with van der Waals surface area (Å²) in [4.78, 5) is 12.5. The standard InChI is InChI=1S/C18H18FN3O2/c1-2-4-17-16(18(23)20-11-15-5-3-10-24-15)12-21-22(17)14-8-6-13(19)7-9-14/h3,5-10,12H,2,4,11H2,1H3,(H,20,23). The number of hydrogen-bond acceptors (Lipinski definition) is 3. The summed E-state index contributed by atoms with van der Waals surface area (Å²) in [6.07, 6.45) is 4.68. The van der Waals surface area contributed by atoms with Crippen LogP contribution in [0.4, 0.5) is 4.39 Å². The van der Waals surface area contributed by atoms with Crippen molar-refractivity contribution in [2.75, 3.05) is 0 Å². The number of furan rings is 1. The second-order valence-electron chi connectivity index (χ2n) is 5.41. The molecule has 0 unspecified atom stereocenters. The normalized spacial score (nSPS) is 10.8. The number of hydrogen-bond donors (Lipinski definition) is 1. The van der Waals surface area contributed by atoms with Gasteiger partial charge < -0.3 is 9.73 Å². The van der Waals surface area contributed by atoms with Crippen molar-refractivity contribution >= 4 is 5.91 Å². The Hall–Kier alpha value is -2.89. The number of benzene rings is 1. The number of rotatable bonds is 6. The van der Waals surface area contributed by atoms with Crippen molar-refractivity contribution in [3.8, 4) is 5.69 Å². The van der Waals surface area contributed by atoms with Gasteiger partial charge >= 0.3 is 0 Å². The van der Waals surface area contributed by atoms with E-state index in [2.05, 4.69) is 10.4 Å². The Morgan fingerprint density at radius 3 is 2.75 bits per heavy atom. The molecular weight excluding hydrogens is 309 g/mol. The maximum absolute atomic E-state index is 13.1. The van der Waals surface area contributed by atoms with Gasteiger partial charge in [0, 0.05) is 0 Å². The van der Waals surface area contributed by atoms with Gasteiger partial charge in [-0.1, -0.05) is 13.3 Å². The molecule has 0 aliphatic heterocycles. The van der Waals surface area contributed by atoms with Crippen molar-refractivity contribution in [1.82, 2.24) is 15.1 Å². The van der Waals surface area contributed by atoms with E-state index in [4.69, 9.17) is 4.42 Å². The van der Waals surface area contributed by atoms with Crippen LogP contribution in [0, 0.1) is 5.82 Å². The topological polar surface area (TPSA) is 60.1 Å². The van der Waals surface area contributed by atoms with Gasteiger partial charge in [0.2, 0.25) is 0 Å². The molecule has 0 radical (unpaired) electrons. The van der Waals surface area contributed by atoms with Crippen molar-refractivity contribution in [2.24, 2.45) is 0 Å². The number of carbonyl (C=O) groups is 1. The molecule has 1 N–H and O–H groups in total. The Morgan fingerprint density at radius 2 is 2.08 bits per heavy atom. The van der Waals surface area contributed by atoms with Gasteiger partial charge in [0.15, 0.2) is 0 Å². The highest BCUT2D eigenvalue weighted by molar-refractivity contribution is 5.95. The predicted molar refractivity (Wildman–Crippen MR) is 87.4 cm³/mol. The zero-order valence-electron chi connectivity index (χ0n) is 13.3. The van der Waals surface area contributed by atoms with Gasteiger partial charge in [-0.3, -0.25) is 4.79 Å². The molecule has 0 fully saturated rings. The zero-order valence-corrected chi connectivity index (χ0v) is 13.3. The molecule has 0 saturated heterocycles. The van der Waals surface area contributed by atoms with Crippen molar-refractivity contribution in [3.05, 3.63) is 71.7 Å². The Balaban J connectivity index is 1.84. The maximum Gasteiger partial charge on any atom is 0.255 e. The van der Waals surface area contributed by atoms with Crippen LogP contribution in [0.5, 0.6) is 0 Å². The van der Waals surface area contributed by atoms with E-state index in [0.29, 0.717) is 24.3 Å². The van der Waals surface area contributed by atoms with Crippen LogP contribution in [0.25, 0.3) is 5.69 Å². The van der Waals surface area contributed by atoms with Gasteiger partial charge in [-0.2, -0.15) is 5.10 Å². The van der Waals surface area contributed by atoms with Gasteiger partial charge in [0.25, 0.3) is 5.91 Å². The number of aromatic nitrogens is 2. The van der Waals surface area contributed by atoms with E-state index >= 15 is 0 Å². The molecule has 2 aromatic heterocycles. The first-order valence-electron chi connectivity index (χ1n) is 7.82. The van der Waals surface area contributed by atoms with Gasteiger partial charge in [0.05, 0.1) is 35.9 Å². The summed E-state index contributed by atoms with van der Waals surface area (Å²) in [5.74, 6) is 0.175. The van der Waals surface area contributed by atoms with E-state index in [1.807, 2.05) is 6.92 Å². The van der Waals surface area contributed by atoms with Crippen LogP contribution in [0.15, 0.2) is 53.3 Å². The Bertz CT molecular complexity index is 807. The molecule has 1 aromatic carbocycles. The van der Waals surface area contributed by atoms with Gasteiger partial charge in [-0.15, -0.1) is 0 Å². The second-order valence-corrected chi connectivity index (χ2v) is 5.41. The molecule has 0 atom stereocenters. The molecule has 1 amide bonds. The summed E-state index contributed by atoms with van der Waals surface area (Å²) in [7, 11) is 0. The highest BCUT2D eigenvalue weighted by Crippen LogP contribution is 2.17. The monoisotopic (exact) mass is 327 g/mol. The molecule has 124 valence electrons. The first-order valence-corrected chi connectivity index (χ1v) is 7.82. The molecule has 0 spiro atoms. The lowest BCUT2D eigenvalue weighted by Gasteiger charge is -2.09. The van der Waals surface area contributed by atoms with E-state index in [1.165, 1.54) is 12.1 Å². The Morgan fingerprint density at radius 1 is 1.29 bits per heavy atom. The first-order chi connectivity index (χ1) is 11.7. The fourth-order valence-electron chi connectivity index (χ4n) is 2.52. The van der Waals surface area contributed by atoms with Crippen LogP contribution in [-0.2, 0) is 13.0 Å². The average molecular weight is 327 g/mol. The van der Waals surface area contributed by atoms with Gasteiger partial charge in [-0.05, 0) is 42.8 Å². The molecule has 3 rings (SSSR count). The smallest absolute Gasteiger partial charge is 0.255 e. The van der Waals surface area contributed by atoms with Gasteiger partial charge in [0.1, 0.15) is 11.6 Å². The molecule has 3 aromatic rings.